The van der Waals surface area contributed by atoms with Crippen LogP contribution in [0, 0.1) is 16.7 Å². The first-order valence-corrected chi connectivity index (χ1v) is 5.04. The van der Waals surface area contributed by atoms with E-state index in [1.54, 1.807) is 0 Å². The first kappa shape index (κ1) is 10.6. The summed E-state index contributed by atoms with van der Waals surface area (Å²) in [5.74, 6) is 2.55. The maximum atomic E-state index is 11.0. The number of hydrogen-bond donors (Lipinski definition) is 1. The van der Waals surface area contributed by atoms with Crippen LogP contribution < -0.4 is 5.32 Å². The summed E-state index contributed by atoms with van der Waals surface area (Å²) >= 11 is 2.87. The summed E-state index contributed by atoms with van der Waals surface area (Å²) in [6.45, 7) is 3.48. The van der Waals surface area contributed by atoms with E-state index in [1.165, 1.54) is 0 Å². The highest BCUT2D eigenvalue weighted by Crippen LogP contribution is 2.18. The Labute approximate surface area is 86.3 Å². The number of amides is 1. The highest BCUT2D eigenvalue weighted by Gasteiger charge is 2.23. The fourth-order valence-electron chi connectivity index (χ4n) is 1.36. The summed E-state index contributed by atoms with van der Waals surface area (Å²) in [7, 11) is 0. The van der Waals surface area contributed by atoms with E-state index in [4.69, 9.17) is 4.74 Å². The highest BCUT2D eigenvalue weighted by atomic mass is 79.9. The second kappa shape index (κ2) is 5.25. The van der Waals surface area contributed by atoms with Crippen LogP contribution in [0.5, 0.6) is 0 Å². The fraction of sp³-hybridized carbons (Fsp3) is 0.667. The monoisotopic (exact) mass is 245 g/mol. The summed E-state index contributed by atoms with van der Waals surface area (Å²) in [5.41, 5.74) is 0. The lowest BCUT2D eigenvalue weighted by molar-refractivity contribution is -0.115. The molecule has 1 heterocycles. The lowest BCUT2D eigenvalue weighted by Gasteiger charge is -2.12. The molecule has 1 fully saturated rings. The third-order valence-corrected chi connectivity index (χ3v) is 2.42. The molecule has 1 saturated heterocycles. The van der Waals surface area contributed by atoms with E-state index in [0.29, 0.717) is 12.5 Å². The van der Waals surface area contributed by atoms with Crippen molar-refractivity contribution in [2.24, 2.45) is 5.92 Å². The van der Waals surface area contributed by atoms with Crippen molar-refractivity contribution >= 4 is 21.8 Å². The highest BCUT2D eigenvalue weighted by molar-refractivity contribution is 9.12. The second-order valence-electron chi connectivity index (χ2n) is 3.05. The molecule has 4 heteroatoms. The minimum atomic E-state index is -0.240. The molecule has 0 aliphatic carbocycles. The zero-order chi connectivity index (χ0) is 9.68. The summed E-state index contributed by atoms with van der Waals surface area (Å²) in [6, 6.07) is 0. The molecule has 0 bridgehead atoms. The lowest BCUT2D eigenvalue weighted by atomic mass is 10.0. The normalized spacial score (nSPS) is 26.3. The number of nitrogens with one attached hydrogen (secondary N) is 1. The number of halogens is 1. The molecule has 0 aromatic rings. The Morgan fingerprint density at radius 1 is 1.77 bits per heavy atom. The Bertz CT molecular complexity index is 244. The van der Waals surface area contributed by atoms with Crippen LogP contribution in [0.2, 0.25) is 0 Å². The molecule has 13 heavy (non-hydrogen) atoms. The smallest absolute Gasteiger partial charge is 0.296 e. The van der Waals surface area contributed by atoms with Gasteiger partial charge in [-0.1, -0.05) is 0 Å². The number of ether oxygens (including phenoxy) is 1. The zero-order valence-corrected chi connectivity index (χ0v) is 9.06. The average molecular weight is 246 g/mol. The van der Waals surface area contributed by atoms with Gasteiger partial charge in [-0.05, 0) is 18.2 Å². The van der Waals surface area contributed by atoms with E-state index in [9.17, 15) is 4.79 Å². The SMILES string of the molecule is CC1OCCC1CNC(=O)C#CBr. The minimum absolute atomic E-state index is 0.240. The van der Waals surface area contributed by atoms with Gasteiger partial charge in [0, 0.05) is 40.9 Å². The van der Waals surface area contributed by atoms with Crippen molar-refractivity contribution in [3.8, 4) is 10.8 Å². The van der Waals surface area contributed by atoms with Gasteiger partial charge in [-0.15, -0.1) is 0 Å². The molecule has 0 spiro atoms. The van der Waals surface area contributed by atoms with Crippen molar-refractivity contribution in [2.45, 2.75) is 19.4 Å². The predicted octanol–water partition coefficient (Wildman–Crippen LogP) is 0.883. The molecule has 0 aromatic heterocycles. The molecular weight excluding hydrogens is 234 g/mol. The predicted molar refractivity (Wildman–Crippen MR) is 53.2 cm³/mol. The van der Waals surface area contributed by atoms with E-state index in [-0.39, 0.29) is 12.0 Å². The van der Waals surface area contributed by atoms with Crippen LogP contribution >= 0.6 is 15.9 Å². The van der Waals surface area contributed by atoms with Crippen LogP contribution in [0.15, 0.2) is 0 Å². The topological polar surface area (TPSA) is 38.3 Å². The Kier molecular flexibility index (Phi) is 4.26. The molecule has 1 aliphatic rings. The largest absolute Gasteiger partial charge is 0.378 e. The van der Waals surface area contributed by atoms with Gasteiger partial charge in [0.15, 0.2) is 0 Å². The maximum Gasteiger partial charge on any atom is 0.296 e. The quantitative estimate of drug-likeness (QED) is 0.734. The standard InChI is InChI=1S/C9H12BrNO2/c1-7-8(3-5-13-7)6-11-9(12)2-4-10/h7-8H,3,5-6H2,1H3,(H,11,12). The molecule has 3 nitrogen and oxygen atoms in total. The molecule has 72 valence electrons. The van der Waals surface area contributed by atoms with Gasteiger partial charge in [0.05, 0.1) is 6.10 Å². The van der Waals surface area contributed by atoms with E-state index in [1.807, 2.05) is 6.92 Å². The van der Waals surface area contributed by atoms with Crippen molar-refractivity contribution in [1.29, 1.82) is 0 Å². The van der Waals surface area contributed by atoms with Crippen LogP contribution in [0.4, 0.5) is 0 Å². The third-order valence-electron chi connectivity index (χ3n) is 2.22. The van der Waals surface area contributed by atoms with Crippen LogP contribution in [0.3, 0.4) is 0 Å². The first-order valence-electron chi connectivity index (χ1n) is 4.25. The van der Waals surface area contributed by atoms with Crippen LogP contribution in [-0.2, 0) is 9.53 Å². The number of carbonyl (C=O) groups is 1. The van der Waals surface area contributed by atoms with E-state index < -0.39 is 0 Å². The second-order valence-corrected chi connectivity index (χ2v) is 3.45. The van der Waals surface area contributed by atoms with Gasteiger partial charge in [0.25, 0.3) is 5.91 Å². The van der Waals surface area contributed by atoms with Crippen LogP contribution in [0.1, 0.15) is 13.3 Å². The maximum absolute atomic E-state index is 11.0. The summed E-state index contributed by atoms with van der Waals surface area (Å²) in [5, 5.41) is 2.73. The lowest BCUT2D eigenvalue weighted by Crippen LogP contribution is -2.30. The third kappa shape index (κ3) is 3.37. The summed E-state index contributed by atoms with van der Waals surface area (Å²) < 4.78 is 5.36. The first-order chi connectivity index (χ1) is 6.24. The molecule has 1 N–H and O–H groups in total. The zero-order valence-electron chi connectivity index (χ0n) is 7.47. The van der Waals surface area contributed by atoms with Gasteiger partial charge in [-0.25, -0.2) is 0 Å². The molecule has 1 aliphatic heterocycles. The van der Waals surface area contributed by atoms with Crippen LogP contribution in [-0.4, -0.2) is 25.2 Å². The Balaban J connectivity index is 2.24. The fourth-order valence-corrected chi connectivity index (χ4v) is 1.54. The van der Waals surface area contributed by atoms with Crippen LogP contribution in [0.25, 0.3) is 0 Å². The van der Waals surface area contributed by atoms with Crippen molar-refractivity contribution < 1.29 is 9.53 Å². The number of hydrogen-bond acceptors (Lipinski definition) is 2. The van der Waals surface area contributed by atoms with Gasteiger partial charge < -0.3 is 10.1 Å². The molecule has 0 aromatic carbocycles. The number of carbonyl (C=O) groups excluding carboxylic acids is 1. The molecular formula is C9H12BrNO2. The Hall–Kier alpha value is -0.530. The molecule has 1 rings (SSSR count). The Morgan fingerprint density at radius 3 is 3.08 bits per heavy atom. The van der Waals surface area contributed by atoms with Crippen molar-refractivity contribution in [3.05, 3.63) is 0 Å². The van der Waals surface area contributed by atoms with Gasteiger partial charge >= 0.3 is 0 Å². The molecule has 0 saturated carbocycles. The molecule has 1 amide bonds. The van der Waals surface area contributed by atoms with Gasteiger partial charge in [0.2, 0.25) is 0 Å². The molecule has 0 radical (unpaired) electrons. The van der Waals surface area contributed by atoms with Gasteiger partial charge in [-0.3, -0.25) is 4.79 Å². The summed E-state index contributed by atoms with van der Waals surface area (Å²) in [4.78, 5) is 13.3. The van der Waals surface area contributed by atoms with E-state index >= 15 is 0 Å². The van der Waals surface area contributed by atoms with Crippen molar-refractivity contribution in [3.63, 3.8) is 0 Å². The molecule has 2 atom stereocenters. The van der Waals surface area contributed by atoms with Crippen molar-refractivity contribution in [2.75, 3.05) is 13.2 Å². The van der Waals surface area contributed by atoms with Gasteiger partial charge in [0.1, 0.15) is 0 Å². The van der Waals surface area contributed by atoms with Crippen molar-refractivity contribution in [1.82, 2.24) is 5.32 Å². The Morgan fingerprint density at radius 2 is 2.54 bits per heavy atom. The molecule has 2 unspecified atom stereocenters. The number of rotatable bonds is 2. The van der Waals surface area contributed by atoms with Gasteiger partial charge in [-0.2, -0.15) is 0 Å². The minimum Gasteiger partial charge on any atom is -0.378 e. The van der Waals surface area contributed by atoms with E-state index in [0.717, 1.165) is 13.0 Å². The summed E-state index contributed by atoms with van der Waals surface area (Å²) in [6.07, 6.45) is 1.26. The average Bonchev–Trinajstić information content (AvgIpc) is 2.48. The van der Waals surface area contributed by atoms with E-state index in [2.05, 4.69) is 32.0 Å².